The summed E-state index contributed by atoms with van der Waals surface area (Å²) in [6, 6.07) is 69.6. The summed E-state index contributed by atoms with van der Waals surface area (Å²) in [7, 11) is -1.23. The zero-order chi connectivity index (χ0) is 42.9. The van der Waals surface area contributed by atoms with Crippen molar-refractivity contribution in [2.24, 2.45) is 0 Å². The Labute approximate surface area is 388 Å². The van der Waals surface area contributed by atoms with E-state index in [1.807, 2.05) is 67.0 Å². The Kier molecular flexibility index (Phi) is 11.9. The molecule has 5 nitrogen and oxygen atoms in total. The van der Waals surface area contributed by atoms with Crippen molar-refractivity contribution in [3.8, 4) is 61.7 Å². The second kappa shape index (κ2) is 18.0. The maximum Gasteiger partial charge on any atom is 0.120 e. The van der Waals surface area contributed by atoms with Crippen LogP contribution in [0.5, 0.6) is 0 Å². The third-order valence-electron chi connectivity index (χ3n) is 11.5. The van der Waals surface area contributed by atoms with Gasteiger partial charge in [0.15, 0.2) is 0 Å². The number of hydrogen-bond donors (Lipinski definition) is 0. The van der Waals surface area contributed by atoms with Crippen LogP contribution in [0.2, 0.25) is 19.6 Å². The summed E-state index contributed by atoms with van der Waals surface area (Å²) in [5.74, 6) is 0.752. The molecule has 11 aromatic rings. The van der Waals surface area contributed by atoms with Crippen LogP contribution >= 0.6 is 0 Å². The van der Waals surface area contributed by atoms with E-state index in [9.17, 15) is 0 Å². The zero-order valence-corrected chi connectivity index (χ0v) is 39.4. The summed E-state index contributed by atoms with van der Waals surface area (Å²) in [6.07, 6.45) is 3.85. The van der Waals surface area contributed by atoms with Gasteiger partial charge in [-0.15, -0.1) is 54.1 Å². The quantitative estimate of drug-likeness (QED) is 0.118. The fourth-order valence-corrected chi connectivity index (χ4v) is 9.36. The van der Waals surface area contributed by atoms with E-state index in [4.69, 9.17) is 14.4 Å². The minimum atomic E-state index is -1.23. The molecule has 0 atom stereocenters. The van der Waals surface area contributed by atoms with Crippen LogP contribution in [0.4, 0.5) is 0 Å². The van der Waals surface area contributed by atoms with Crippen molar-refractivity contribution >= 4 is 46.2 Å². The molecule has 0 saturated carbocycles. The number of fused-ring (bicyclic) bond motifs is 4. The minimum Gasteiger partial charge on any atom is -0.501 e. The SMILES string of the molecule is C[Si](C)(C)c1ccc(-c2[c-]cccc2)nc1.Cc1nccc2nc(-c3[c-]ccc4c3oc3ccccc34)n(-c3c(-c4ccccc4)cc(-c4ccccc4)cc3-c3ccccc3)c12.[Ir]. The fourth-order valence-electron chi connectivity index (χ4n) is 8.32. The maximum atomic E-state index is 6.56. The molecule has 0 amide bonds. The first kappa shape index (κ1) is 42.3. The second-order valence-electron chi connectivity index (χ2n) is 16.7. The smallest absolute Gasteiger partial charge is 0.120 e. The van der Waals surface area contributed by atoms with E-state index in [1.165, 1.54) is 5.19 Å². The van der Waals surface area contributed by atoms with Crippen LogP contribution in [0.15, 0.2) is 199 Å². The van der Waals surface area contributed by atoms with Crippen LogP contribution in [0.25, 0.3) is 94.7 Å². The van der Waals surface area contributed by atoms with Crippen LogP contribution in [0, 0.1) is 19.1 Å². The van der Waals surface area contributed by atoms with Crippen molar-refractivity contribution < 1.29 is 24.5 Å². The van der Waals surface area contributed by atoms with E-state index in [0.29, 0.717) is 0 Å². The van der Waals surface area contributed by atoms with Gasteiger partial charge in [0.25, 0.3) is 0 Å². The summed E-state index contributed by atoms with van der Waals surface area (Å²) >= 11 is 0. The number of rotatable bonds is 7. The molecule has 313 valence electrons. The molecule has 0 unspecified atom stereocenters. The predicted octanol–water partition coefficient (Wildman–Crippen LogP) is 14.2. The third-order valence-corrected chi connectivity index (χ3v) is 13.6. The van der Waals surface area contributed by atoms with Crippen molar-refractivity contribution in [1.29, 1.82) is 0 Å². The summed E-state index contributed by atoms with van der Waals surface area (Å²) < 4.78 is 8.85. The van der Waals surface area contributed by atoms with Gasteiger partial charge in [-0.2, -0.15) is 0 Å². The van der Waals surface area contributed by atoms with Gasteiger partial charge in [0.2, 0.25) is 0 Å². The van der Waals surface area contributed by atoms with Gasteiger partial charge in [0.05, 0.1) is 41.9 Å². The number of imidazole rings is 1. The van der Waals surface area contributed by atoms with E-state index in [1.54, 1.807) is 0 Å². The number of hydrogen-bond acceptors (Lipinski definition) is 4. The Morgan fingerprint density at radius 3 is 1.84 bits per heavy atom. The van der Waals surface area contributed by atoms with E-state index < -0.39 is 8.07 Å². The summed E-state index contributed by atoms with van der Waals surface area (Å²) in [4.78, 5) is 14.6. The van der Waals surface area contributed by atoms with E-state index >= 15 is 0 Å². The molecule has 0 aliphatic heterocycles. The largest absolute Gasteiger partial charge is 0.501 e. The van der Waals surface area contributed by atoms with E-state index in [-0.39, 0.29) is 20.1 Å². The number of para-hydroxylation sites is 1. The molecule has 7 heteroatoms. The molecule has 4 heterocycles. The third kappa shape index (κ3) is 8.17. The molecule has 7 aromatic carbocycles. The monoisotopic (exact) mass is 1020 g/mol. The molecule has 11 rings (SSSR count). The van der Waals surface area contributed by atoms with Crippen LogP contribution in [-0.2, 0) is 20.1 Å². The van der Waals surface area contributed by atoms with Crippen molar-refractivity contribution in [2.45, 2.75) is 26.6 Å². The molecule has 0 saturated heterocycles. The van der Waals surface area contributed by atoms with Gasteiger partial charge in [0.1, 0.15) is 5.58 Å². The summed E-state index contributed by atoms with van der Waals surface area (Å²) in [5, 5.41) is 3.50. The van der Waals surface area contributed by atoms with Crippen molar-refractivity contribution in [3.05, 3.63) is 212 Å². The number of benzene rings is 7. The van der Waals surface area contributed by atoms with Gasteiger partial charge in [-0.25, -0.2) is 0 Å². The molecular formula is C57H44IrN4OSi-2. The molecule has 1 radical (unpaired) electrons. The Morgan fingerprint density at radius 1 is 0.578 bits per heavy atom. The first-order valence-electron chi connectivity index (χ1n) is 21.3. The summed E-state index contributed by atoms with van der Waals surface area (Å²) in [5.41, 5.74) is 14.9. The van der Waals surface area contributed by atoms with Gasteiger partial charge in [-0.3, -0.25) is 9.97 Å². The first-order chi connectivity index (χ1) is 30.8. The molecule has 0 fully saturated rings. The second-order valence-corrected chi connectivity index (χ2v) is 21.8. The number of aryl methyl sites for hydroxylation is 1. The van der Waals surface area contributed by atoms with Gasteiger partial charge in [-0.1, -0.05) is 152 Å². The van der Waals surface area contributed by atoms with Crippen LogP contribution in [0.3, 0.4) is 0 Å². The minimum absolute atomic E-state index is 0. The predicted molar refractivity (Wildman–Crippen MR) is 263 cm³/mol. The number of pyridine rings is 2. The summed E-state index contributed by atoms with van der Waals surface area (Å²) in [6.45, 7) is 9.05. The number of nitrogens with zero attached hydrogens (tertiary/aromatic N) is 4. The van der Waals surface area contributed by atoms with E-state index in [2.05, 4.69) is 176 Å². The van der Waals surface area contributed by atoms with Gasteiger partial charge >= 0.3 is 0 Å². The Bertz CT molecular complexity index is 3300. The average molecular weight is 1020 g/mol. The van der Waals surface area contributed by atoms with E-state index in [0.717, 1.165) is 100 Å². The zero-order valence-electron chi connectivity index (χ0n) is 36.0. The van der Waals surface area contributed by atoms with Crippen molar-refractivity contribution in [1.82, 2.24) is 19.5 Å². The van der Waals surface area contributed by atoms with Crippen molar-refractivity contribution in [2.75, 3.05) is 0 Å². The van der Waals surface area contributed by atoms with Crippen LogP contribution < -0.4 is 5.19 Å². The van der Waals surface area contributed by atoms with Crippen molar-refractivity contribution in [3.63, 3.8) is 0 Å². The molecule has 0 aliphatic carbocycles. The average Bonchev–Trinajstić information content (AvgIpc) is 3.92. The molecule has 0 N–H and O–H groups in total. The Morgan fingerprint density at radius 2 is 1.22 bits per heavy atom. The Balaban J connectivity index is 0.000000258. The van der Waals surface area contributed by atoms with Crippen LogP contribution in [-0.4, -0.2) is 27.6 Å². The molecule has 4 aromatic heterocycles. The van der Waals surface area contributed by atoms with Gasteiger partial charge < -0.3 is 14.0 Å². The van der Waals surface area contributed by atoms with Gasteiger partial charge in [0, 0.05) is 49.0 Å². The van der Waals surface area contributed by atoms with Gasteiger partial charge in [-0.05, 0) is 64.3 Å². The number of furan rings is 1. The molecule has 64 heavy (non-hydrogen) atoms. The standard InChI is InChI=1S/C43H28N3O.C14H16NSi.Ir/c1-28-40-38(24-25-44-28)45-43(35-22-13-21-34-33-20-11-12-23-39(33)47-42(34)35)46(40)41-36(30-16-7-3-8-17-30)26-32(29-14-5-2-6-15-29)27-37(41)31-18-9-4-10-19-31;1-16(2,3)13-9-10-14(15-11-13)12-7-5-4-6-8-12;/h2-21,23-27H,1H3;4-7,9-11H,1-3H3;/q2*-1;. The fraction of sp³-hybridized carbons (Fsp3) is 0.0702. The molecular weight excluding hydrogens is 977 g/mol. The molecule has 0 aliphatic rings. The molecule has 0 bridgehead atoms. The molecule has 0 spiro atoms. The maximum absolute atomic E-state index is 6.56. The topological polar surface area (TPSA) is 56.7 Å². The normalized spacial score (nSPS) is 11.3. The first-order valence-corrected chi connectivity index (χ1v) is 24.8. The Hall–Kier alpha value is -7.02. The van der Waals surface area contributed by atoms with Crippen LogP contribution in [0.1, 0.15) is 5.69 Å². The number of aromatic nitrogens is 4.